The molecule has 1 fully saturated rings. The van der Waals surface area contributed by atoms with Gasteiger partial charge in [-0.1, -0.05) is 26.0 Å². The Morgan fingerprint density at radius 2 is 1.90 bits per heavy atom. The largest absolute Gasteiger partial charge is 0.425 e. The first-order valence-corrected chi connectivity index (χ1v) is 7.52. The van der Waals surface area contributed by atoms with Crippen LogP contribution in [0, 0.1) is 23.7 Å². The molecule has 1 aliphatic heterocycles. The van der Waals surface area contributed by atoms with Crippen LogP contribution >= 0.6 is 0 Å². The lowest BCUT2D eigenvalue weighted by Gasteiger charge is -2.22. The molecule has 0 amide bonds. The average molecular weight is 288 g/mol. The highest BCUT2D eigenvalue weighted by atomic mass is 16.5. The fraction of sp³-hybridized carbons (Fsp3) is 0.529. The second kappa shape index (κ2) is 6.85. The maximum atomic E-state index is 8.10. The van der Waals surface area contributed by atoms with E-state index < -0.39 is 0 Å². The Kier molecular flexibility index (Phi) is 5.12. The molecule has 1 saturated heterocycles. The molecular weight excluding hydrogens is 264 g/mol. The number of rotatable bonds is 3. The van der Waals surface area contributed by atoms with E-state index in [4.69, 9.17) is 20.3 Å². The van der Waals surface area contributed by atoms with Gasteiger partial charge in [-0.25, -0.2) is 0 Å². The fourth-order valence-electron chi connectivity index (χ4n) is 2.51. The van der Waals surface area contributed by atoms with Crippen molar-refractivity contribution in [3.05, 3.63) is 34.9 Å². The SMILES string of the molecule is Cc1cc(C(C)C)ccc1C(=N)OC(=N)C1CCOCC1. The third-order valence-electron chi connectivity index (χ3n) is 3.97. The van der Waals surface area contributed by atoms with Gasteiger partial charge in [-0.3, -0.25) is 10.8 Å². The van der Waals surface area contributed by atoms with Crippen LogP contribution < -0.4 is 0 Å². The van der Waals surface area contributed by atoms with Crippen molar-refractivity contribution >= 4 is 11.8 Å². The molecule has 4 heteroatoms. The van der Waals surface area contributed by atoms with Crippen LogP contribution in [0.25, 0.3) is 0 Å². The molecule has 0 unspecified atom stereocenters. The van der Waals surface area contributed by atoms with Crippen LogP contribution in [0.3, 0.4) is 0 Å². The molecule has 0 atom stereocenters. The van der Waals surface area contributed by atoms with Gasteiger partial charge in [0.05, 0.1) is 0 Å². The maximum Gasteiger partial charge on any atom is 0.221 e. The van der Waals surface area contributed by atoms with Gasteiger partial charge < -0.3 is 9.47 Å². The molecule has 21 heavy (non-hydrogen) atoms. The normalized spacial score (nSPS) is 16.0. The predicted octanol–water partition coefficient (Wildman–Crippen LogP) is 3.86. The van der Waals surface area contributed by atoms with E-state index in [0.717, 1.165) is 24.0 Å². The molecule has 1 aromatic carbocycles. The molecule has 2 rings (SSSR count). The van der Waals surface area contributed by atoms with Crippen molar-refractivity contribution in [3.8, 4) is 0 Å². The van der Waals surface area contributed by atoms with Crippen molar-refractivity contribution in [2.45, 2.75) is 39.5 Å². The van der Waals surface area contributed by atoms with E-state index in [1.165, 1.54) is 5.56 Å². The van der Waals surface area contributed by atoms with Crippen molar-refractivity contribution in [2.75, 3.05) is 13.2 Å². The van der Waals surface area contributed by atoms with E-state index in [0.29, 0.717) is 19.1 Å². The molecule has 4 nitrogen and oxygen atoms in total. The summed E-state index contributed by atoms with van der Waals surface area (Å²) >= 11 is 0. The van der Waals surface area contributed by atoms with Gasteiger partial charge in [0.1, 0.15) is 0 Å². The van der Waals surface area contributed by atoms with Crippen LogP contribution in [0.2, 0.25) is 0 Å². The second-order valence-electron chi connectivity index (χ2n) is 5.91. The van der Waals surface area contributed by atoms with Gasteiger partial charge in [0.2, 0.25) is 5.90 Å². The molecule has 0 bridgehead atoms. The van der Waals surface area contributed by atoms with E-state index in [-0.39, 0.29) is 17.7 Å². The van der Waals surface area contributed by atoms with Crippen LogP contribution in [0.4, 0.5) is 0 Å². The summed E-state index contributed by atoms with van der Waals surface area (Å²) in [5.41, 5.74) is 3.03. The summed E-state index contributed by atoms with van der Waals surface area (Å²) in [5.74, 6) is 0.803. The van der Waals surface area contributed by atoms with Crippen molar-refractivity contribution in [1.82, 2.24) is 0 Å². The van der Waals surface area contributed by atoms with Gasteiger partial charge in [0.15, 0.2) is 5.90 Å². The van der Waals surface area contributed by atoms with E-state index in [1.807, 2.05) is 19.1 Å². The fourth-order valence-corrected chi connectivity index (χ4v) is 2.51. The molecule has 0 radical (unpaired) electrons. The highest BCUT2D eigenvalue weighted by Gasteiger charge is 2.22. The van der Waals surface area contributed by atoms with Crippen LogP contribution in [0.1, 0.15) is 49.3 Å². The van der Waals surface area contributed by atoms with Gasteiger partial charge in [0.25, 0.3) is 0 Å². The summed E-state index contributed by atoms with van der Waals surface area (Å²) in [6.07, 6.45) is 1.61. The third-order valence-corrected chi connectivity index (χ3v) is 3.97. The van der Waals surface area contributed by atoms with E-state index in [9.17, 15) is 0 Å². The minimum absolute atomic E-state index is 0.0688. The summed E-state index contributed by atoms with van der Waals surface area (Å²) in [4.78, 5) is 0. The molecule has 114 valence electrons. The lowest BCUT2D eigenvalue weighted by Crippen LogP contribution is -2.27. The zero-order valence-corrected chi connectivity index (χ0v) is 13.0. The van der Waals surface area contributed by atoms with Crippen molar-refractivity contribution in [3.63, 3.8) is 0 Å². The highest BCUT2D eigenvalue weighted by Crippen LogP contribution is 2.21. The number of ether oxygens (including phenoxy) is 2. The quantitative estimate of drug-likeness (QED) is 0.655. The van der Waals surface area contributed by atoms with Gasteiger partial charge in [-0.15, -0.1) is 0 Å². The zero-order valence-electron chi connectivity index (χ0n) is 13.0. The average Bonchev–Trinajstić information content (AvgIpc) is 2.47. The molecule has 1 aliphatic rings. The highest BCUT2D eigenvalue weighted by molar-refractivity contribution is 6.00. The van der Waals surface area contributed by atoms with Crippen LogP contribution in [-0.4, -0.2) is 25.0 Å². The number of aryl methyl sites for hydroxylation is 1. The first kappa shape index (κ1) is 15.7. The van der Waals surface area contributed by atoms with Crippen LogP contribution in [0.15, 0.2) is 18.2 Å². The third kappa shape index (κ3) is 3.91. The Morgan fingerprint density at radius 3 is 2.48 bits per heavy atom. The Hall–Kier alpha value is -1.68. The minimum Gasteiger partial charge on any atom is -0.425 e. The first-order chi connectivity index (χ1) is 9.99. The van der Waals surface area contributed by atoms with Crippen molar-refractivity contribution < 1.29 is 9.47 Å². The smallest absolute Gasteiger partial charge is 0.221 e. The van der Waals surface area contributed by atoms with E-state index in [1.54, 1.807) is 0 Å². The Balaban J connectivity index is 2.04. The second-order valence-corrected chi connectivity index (χ2v) is 5.91. The van der Waals surface area contributed by atoms with Crippen molar-refractivity contribution in [2.24, 2.45) is 5.92 Å². The molecule has 0 saturated carbocycles. The molecule has 0 aromatic heterocycles. The van der Waals surface area contributed by atoms with E-state index >= 15 is 0 Å². The molecule has 0 aliphatic carbocycles. The van der Waals surface area contributed by atoms with Gasteiger partial charge in [-0.2, -0.15) is 0 Å². The van der Waals surface area contributed by atoms with Gasteiger partial charge in [0, 0.05) is 24.7 Å². The molecule has 0 spiro atoms. The summed E-state index contributed by atoms with van der Waals surface area (Å²) in [6, 6.07) is 6.04. The van der Waals surface area contributed by atoms with Crippen molar-refractivity contribution in [1.29, 1.82) is 10.8 Å². The standard InChI is InChI=1S/C17H24N2O2/c1-11(2)14-4-5-15(12(3)10-14)17(19)21-16(18)13-6-8-20-9-7-13/h4-5,10-11,13,18-19H,6-9H2,1-3H3. The lowest BCUT2D eigenvalue weighted by atomic mass is 9.97. The van der Waals surface area contributed by atoms with Gasteiger partial charge in [-0.05, 0) is 42.9 Å². The molecular formula is C17H24N2O2. The number of hydrogen-bond acceptors (Lipinski definition) is 4. The van der Waals surface area contributed by atoms with Crippen LogP contribution in [0.5, 0.6) is 0 Å². The summed E-state index contributed by atoms with van der Waals surface area (Å²) < 4.78 is 10.8. The van der Waals surface area contributed by atoms with Crippen LogP contribution in [-0.2, 0) is 9.47 Å². The number of nitrogens with one attached hydrogen (secondary N) is 2. The monoisotopic (exact) mass is 288 g/mol. The maximum absolute atomic E-state index is 8.10. The summed E-state index contributed by atoms with van der Waals surface area (Å²) in [7, 11) is 0. The molecule has 1 aromatic rings. The predicted molar refractivity (Wildman–Crippen MR) is 84.5 cm³/mol. The topological polar surface area (TPSA) is 66.2 Å². The lowest BCUT2D eigenvalue weighted by molar-refractivity contribution is 0.0788. The zero-order chi connectivity index (χ0) is 15.4. The number of hydrogen-bond donors (Lipinski definition) is 2. The molecule has 2 N–H and O–H groups in total. The summed E-state index contributed by atoms with van der Waals surface area (Å²) in [6.45, 7) is 7.63. The Labute approximate surface area is 126 Å². The Morgan fingerprint density at radius 1 is 1.24 bits per heavy atom. The summed E-state index contributed by atoms with van der Waals surface area (Å²) in [5, 5.41) is 16.1. The van der Waals surface area contributed by atoms with E-state index in [2.05, 4.69) is 19.9 Å². The minimum atomic E-state index is 0.0688. The molecule has 1 heterocycles. The van der Waals surface area contributed by atoms with Gasteiger partial charge >= 0.3 is 0 Å². The first-order valence-electron chi connectivity index (χ1n) is 7.52. The Bertz CT molecular complexity index is 532. The number of benzene rings is 1.